The molecule has 0 saturated heterocycles. The topological polar surface area (TPSA) is 78.1 Å². The summed E-state index contributed by atoms with van der Waals surface area (Å²) in [6.07, 6.45) is 5.58. The molecule has 72 valence electrons. The van der Waals surface area contributed by atoms with Crippen molar-refractivity contribution in [2.75, 3.05) is 0 Å². The average Bonchev–Trinajstić information content (AvgIpc) is 2.11. The molecule has 0 amide bonds. The molecule has 0 radical (unpaired) electrons. The van der Waals surface area contributed by atoms with Crippen molar-refractivity contribution in [1.82, 2.24) is 0 Å². The second-order valence-electron chi connectivity index (χ2n) is 3.47. The van der Waals surface area contributed by atoms with Crippen LogP contribution in [-0.2, 0) is 0 Å². The van der Waals surface area contributed by atoms with E-state index in [-0.39, 0.29) is 0 Å². The van der Waals surface area contributed by atoms with Gasteiger partial charge in [0.05, 0.1) is 0 Å². The normalized spacial score (nSPS) is 26.2. The van der Waals surface area contributed by atoms with E-state index in [2.05, 4.69) is 0 Å². The summed E-state index contributed by atoms with van der Waals surface area (Å²) in [4.78, 5) is 0. The van der Waals surface area contributed by atoms with E-state index in [0.717, 1.165) is 56.7 Å². The molecule has 0 aromatic heterocycles. The van der Waals surface area contributed by atoms with Gasteiger partial charge in [0.15, 0.2) is 0 Å². The molecule has 0 bridgehead atoms. The molecule has 0 aromatic rings. The predicted octanol–water partition coefficient (Wildman–Crippen LogP) is 0.813. The molecule has 6 N–H and O–H groups in total. The molecule has 1 rings (SSSR count). The Balaban J connectivity index is 2.36. The number of rotatable bonds is 0. The molecular formula is C9H18N3-3. The van der Waals surface area contributed by atoms with Crippen LogP contribution in [0.25, 0.3) is 0 Å². The van der Waals surface area contributed by atoms with Gasteiger partial charge in [0.1, 0.15) is 0 Å². The predicted molar refractivity (Wildman–Crippen MR) is 50.0 cm³/mol. The van der Waals surface area contributed by atoms with Crippen LogP contribution in [0.2, 0.25) is 0 Å². The minimum Gasteiger partial charge on any atom is -0.481 e. The van der Waals surface area contributed by atoms with Gasteiger partial charge < -0.3 is 17.2 Å². The van der Waals surface area contributed by atoms with E-state index in [1.807, 2.05) is 0 Å². The maximum absolute atomic E-state index is 5.78. The van der Waals surface area contributed by atoms with E-state index >= 15 is 0 Å². The van der Waals surface area contributed by atoms with E-state index in [1.165, 1.54) is 0 Å². The summed E-state index contributed by atoms with van der Waals surface area (Å²) in [5.74, 6) is 0. The highest BCUT2D eigenvalue weighted by Gasteiger charge is 1.94. The van der Waals surface area contributed by atoms with Crippen molar-refractivity contribution < 1.29 is 0 Å². The zero-order chi connectivity index (χ0) is 8.97. The molecule has 3 heteroatoms. The van der Waals surface area contributed by atoms with Crippen molar-refractivity contribution in [2.24, 2.45) is 17.2 Å². The maximum Gasteiger partial charge on any atom is -0.191 e. The van der Waals surface area contributed by atoms with Gasteiger partial charge in [-0.1, -0.05) is 0 Å². The van der Waals surface area contributed by atoms with Gasteiger partial charge in [-0.3, -0.25) is 18.1 Å². The van der Waals surface area contributed by atoms with Gasteiger partial charge in [-0.2, -0.15) is 38.5 Å². The Morgan fingerprint density at radius 2 is 0.667 bits per heavy atom. The van der Waals surface area contributed by atoms with Crippen LogP contribution >= 0.6 is 0 Å². The third-order valence-corrected chi connectivity index (χ3v) is 2.30. The van der Waals surface area contributed by atoms with Crippen LogP contribution in [0.15, 0.2) is 0 Å². The van der Waals surface area contributed by atoms with E-state index in [1.54, 1.807) is 0 Å². The number of hydrogen-bond acceptors (Lipinski definition) is 3. The lowest BCUT2D eigenvalue weighted by Gasteiger charge is -2.31. The summed E-state index contributed by atoms with van der Waals surface area (Å²) in [5, 5.41) is 0. The SMILES string of the molecule is N[C-]1CC[C-](N)CC[C-](N)CC1. The van der Waals surface area contributed by atoms with E-state index in [4.69, 9.17) is 17.2 Å². The first kappa shape index (κ1) is 9.96. The standard InChI is InChI=1S/C9H18N3/c10-7-1-2-8(11)5-6-9(12)4-3-7/h1-6,10-12H2/q-3. The average molecular weight is 168 g/mol. The number of nitrogens with two attached hydrogens (primary N) is 3. The molecular weight excluding hydrogens is 150 g/mol. The third kappa shape index (κ3) is 3.52. The van der Waals surface area contributed by atoms with Gasteiger partial charge in [0, 0.05) is 0 Å². The largest absolute Gasteiger partial charge is 0.481 e. The Labute approximate surface area is 74.7 Å². The van der Waals surface area contributed by atoms with Crippen molar-refractivity contribution in [3.8, 4) is 0 Å². The van der Waals surface area contributed by atoms with Crippen LogP contribution in [0.4, 0.5) is 0 Å². The van der Waals surface area contributed by atoms with Crippen molar-refractivity contribution in [3.63, 3.8) is 0 Å². The van der Waals surface area contributed by atoms with Crippen LogP contribution < -0.4 is 17.2 Å². The molecule has 0 atom stereocenters. The summed E-state index contributed by atoms with van der Waals surface area (Å²) in [6, 6.07) is 3.09. The monoisotopic (exact) mass is 168 g/mol. The molecule has 12 heavy (non-hydrogen) atoms. The molecule has 0 spiro atoms. The lowest BCUT2D eigenvalue weighted by atomic mass is 10.0. The summed E-state index contributed by atoms with van der Waals surface area (Å²) < 4.78 is 0. The first-order valence-corrected chi connectivity index (χ1v) is 4.49. The fraction of sp³-hybridized carbons (Fsp3) is 0.667. The van der Waals surface area contributed by atoms with Crippen LogP contribution in [-0.4, -0.2) is 0 Å². The molecule has 1 fully saturated rings. The fourth-order valence-electron chi connectivity index (χ4n) is 1.34. The highest BCUT2D eigenvalue weighted by atomic mass is 14.7. The Bertz CT molecular complexity index is 91.2. The zero-order valence-corrected chi connectivity index (χ0v) is 7.47. The van der Waals surface area contributed by atoms with Crippen molar-refractivity contribution >= 4 is 0 Å². The van der Waals surface area contributed by atoms with Gasteiger partial charge in [-0.15, -0.1) is 0 Å². The zero-order valence-electron chi connectivity index (χ0n) is 7.47. The first-order chi connectivity index (χ1) is 5.68. The van der Waals surface area contributed by atoms with Gasteiger partial charge in [-0.25, -0.2) is 0 Å². The fourth-order valence-corrected chi connectivity index (χ4v) is 1.34. The smallest absolute Gasteiger partial charge is 0.191 e. The van der Waals surface area contributed by atoms with Gasteiger partial charge >= 0.3 is 0 Å². The van der Waals surface area contributed by atoms with Gasteiger partial charge in [-0.05, 0) is 0 Å². The van der Waals surface area contributed by atoms with Crippen LogP contribution in [0.3, 0.4) is 0 Å². The molecule has 0 heterocycles. The second-order valence-corrected chi connectivity index (χ2v) is 3.47. The Morgan fingerprint density at radius 3 is 0.833 bits per heavy atom. The van der Waals surface area contributed by atoms with Crippen molar-refractivity contribution in [1.29, 1.82) is 0 Å². The van der Waals surface area contributed by atoms with E-state index < -0.39 is 0 Å². The van der Waals surface area contributed by atoms with Crippen molar-refractivity contribution in [2.45, 2.75) is 38.5 Å². The Hall–Kier alpha value is -0.120. The van der Waals surface area contributed by atoms with Crippen LogP contribution in [0.1, 0.15) is 38.5 Å². The Kier molecular flexibility index (Phi) is 3.98. The highest BCUT2D eigenvalue weighted by molar-refractivity contribution is 4.98. The van der Waals surface area contributed by atoms with Crippen molar-refractivity contribution in [3.05, 3.63) is 18.1 Å². The second kappa shape index (κ2) is 4.80. The summed E-state index contributed by atoms with van der Waals surface area (Å²) >= 11 is 0. The maximum atomic E-state index is 5.78. The quantitative estimate of drug-likeness (QED) is 0.468. The van der Waals surface area contributed by atoms with E-state index in [0.29, 0.717) is 0 Å². The molecule has 1 aliphatic carbocycles. The first-order valence-electron chi connectivity index (χ1n) is 4.49. The van der Waals surface area contributed by atoms with E-state index in [9.17, 15) is 0 Å². The lowest BCUT2D eigenvalue weighted by Crippen LogP contribution is -2.14. The molecule has 0 aliphatic heterocycles. The minimum absolute atomic E-state index is 0.930. The third-order valence-electron chi connectivity index (χ3n) is 2.30. The van der Waals surface area contributed by atoms with Crippen LogP contribution in [0.5, 0.6) is 0 Å². The number of hydrogen-bond donors (Lipinski definition) is 3. The molecule has 1 aliphatic rings. The summed E-state index contributed by atoms with van der Waals surface area (Å²) in [6.45, 7) is 0. The van der Waals surface area contributed by atoms with Crippen LogP contribution in [0, 0.1) is 18.1 Å². The minimum atomic E-state index is 0.930. The summed E-state index contributed by atoms with van der Waals surface area (Å²) in [7, 11) is 0. The lowest BCUT2D eigenvalue weighted by molar-refractivity contribution is 0.662. The van der Waals surface area contributed by atoms with Gasteiger partial charge in [0.2, 0.25) is 0 Å². The summed E-state index contributed by atoms with van der Waals surface area (Å²) in [5.41, 5.74) is 17.3. The van der Waals surface area contributed by atoms with Gasteiger partial charge in [0.25, 0.3) is 0 Å². The Morgan fingerprint density at radius 1 is 0.500 bits per heavy atom. The molecule has 1 saturated carbocycles. The molecule has 3 nitrogen and oxygen atoms in total. The highest BCUT2D eigenvalue weighted by Crippen LogP contribution is 2.24. The molecule has 0 aromatic carbocycles. The molecule has 0 unspecified atom stereocenters.